The van der Waals surface area contributed by atoms with E-state index in [1.54, 1.807) is 13.4 Å². The maximum atomic E-state index is 4.48. The van der Waals surface area contributed by atoms with E-state index in [9.17, 15) is 0 Å². The molecule has 1 heterocycles. The van der Waals surface area contributed by atoms with Crippen molar-refractivity contribution < 1.29 is 0 Å². The zero-order valence-corrected chi connectivity index (χ0v) is 10.3. The first-order valence-corrected chi connectivity index (χ1v) is 5.34. The molecule has 5 nitrogen and oxygen atoms in total. The third-order valence-corrected chi connectivity index (χ3v) is 2.08. The molecule has 0 saturated carbocycles. The van der Waals surface area contributed by atoms with Crippen LogP contribution in [0.5, 0.6) is 0 Å². The summed E-state index contributed by atoms with van der Waals surface area (Å²) in [6, 6.07) is 2.25. The zero-order valence-electron chi connectivity index (χ0n) is 10.3. The Bertz CT molecular complexity index is 377. The van der Waals surface area contributed by atoms with Gasteiger partial charge in [0.1, 0.15) is 0 Å². The normalized spacial score (nSPS) is 14.4. The van der Waals surface area contributed by atoms with Gasteiger partial charge in [-0.1, -0.05) is 0 Å². The van der Waals surface area contributed by atoms with E-state index in [4.69, 9.17) is 0 Å². The molecule has 0 aliphatic carbocycles. The summed E-state index contributed by atoms with van der Waals surface area (Å²) in [5.74, 6) is 0.866. The van der Waals surface area contributed by atoms with Crippen molar-refractivity contribution in [3.05, 3.63) is 17.5 Å². The van der Waals surface area contributed by atoms with Crippen LogP contribution in [0.4, 0.5) is 0 Å². The first-order chi connectivity index (χ1) is 7.61. The Morgan fingerprint density at radius 1 is 1.69 bits per heavy atom. The molecule has 1 aromatic heterocycles. The molecule has 0 aliphatic heterocycles. The quantitative estimate of drug-likeness (QED) is 0.595. The van der Waals surface area contributed by atoms with E-state index in [1.807, 2.05) is 19.9 Å². The molecule has 2 N–H and O–H groups in total. The summed E-state index contributed by atoms with van der Waals surface area (Å²) in [5.41, 5.74) is 2.13. The first-order valence-electron chi connectivity index (χ1n) is 5.34. The predicted octanol–water partition coefficient (Wildman–Crippen LogP) is 1.32. The van der Waals surface area contributed by atoms with Gasteiger partial charge in [0.05, 0.1) is 23.9 Å². The van der Waals surface area contributed by atoms with Crippen LogP contribution in [0.15, 0.2) is 16.1 Å². The van der Waals surface area contributed by atoms with Crippen molar-refractivity contribution in [3.8, 4) is 0 Å². The number of hydrogen-bond acceptors (Lipinski definition) is 3. The summed E-state index contributed by atoms with van der Waals surface area (Å²) in [6.45, 7) is 5.99. The number of H-pyrrole nitrogens is 1. The fourth-order valence-corrected chi connectivity index (χ4v) is 1.45. The second kappa shape index (κ2) is 6.05. The number of aromatic amines is 1. The van der Waals surface area contributed by atoms with Crippen LogP contribution in [-0.2, 0) is 6.42 Å². The molecule has 88 valence electrons. The van der Waals surface area contributed by atoms with Gasteiger partial charge in [0.25, 0.3) is 0 Å². The van der Waals surface area contributed by atoms with E-state index in [2.05, 4.69) is 32.4 Å². The minimum Gasteiger partial charge on any atom is -0.336 e. The van der Waals surface area contributed by atoms with Crippen LogP contribution in [-0.4, -0.2) is 35.5 Å². The van der Waals surface area contributed by atoms with E-state index in [0.29, 0.717) is 0 Å². The average Bonchev–Trinajstić information content (AvgIpc) is 2.60. The largest absolute Gasteiger partial charge is 0.336 e. The van der Waals surface area contributed by atoms with Crippen LogP contribution < -0.4 is 5.32 Å². The summed E-state index contributed by atoms with van der Waals surface area (Å²) in [6.07, 6.45) is 2.47. The Kier molecular flexibility index (Phi) is 4.69. The lowest BCUT2D eigenvalue weighted by molar-refractivity contribution is 0.718. The molecule has 1 aromatic rings. The molecule has 0 fully saturated rings. The number of hydrogen-bond donors (Lipinski definition) is 2. The van der Waals surface area contributed by atoms with E-state index < -0.39 is 0 Å². The zero-order chi connectivity index (χ0) is 12.0. The van der Waals surface area contributed by atoms with Crippen molar-refractivity contribution in [1.82, 2.24) is 15.5 Å². The van der Waals surface area contributed by atoms with E-state index >= 15 is 0 Å². The molecule has 0 aromatic carbocycles. The Morgan fingerprint density at radius 2 is 2.44 bits per heavy atom. The van der Waals surface area contributed by atoms with Crippen LogP contribution in [0.25, 0.3) is 0 Å². The van der Waals surface area contributed by atoms with Crippen molar-refractivity contribution in [2.24, 2.45) is 9.98 Å². The van der Waals surface area contributed by atoms with Gasteiger partial charge in [0.15, 0.2) is 0 Å². The highest BCUT2D eigenvalue weighted by Crippen LogP contribution is 2.04. The molecule has 0 amide bonds. The molecule has 5 heteroatoms. The minimum absolute atomic E-state index is 0.209. The summed E-state index contributed by atoms with van der Waals surface area (Å²) >= 11 is 0. The van der Waals surface area contributed by atoms with Crippen molar-refractivity contribution >= 4 is 12.2 Å². The maximum Gasteiger partial charge on any atom is 0.0985 e. The number of rotatable bonds is 4. The Balaban J connectivity index is 2.49. The highest BCUT2D eigenvalue weighted by molar-refractivity contribution is 5.89. The second-order valence-corrected chi connectivity index (χ2v) is 3.84. The summed E-state index contributed by atoms with van der Waals surface area (Å²) in [7, 11) is 1.72. The highest BCUT2D eigenvalue weighted by atomic mass is 15.1. The second-order valence-electron chi connectivity index (χ2n) is 3.84. The molecule has 0 spiro atoms. The number of amidine groups is 1. The van der Waals surface area contributed by atoms with Gasteiger partial charge in [-0.15, -0.1) is 0 Å². The van der Waals surface area contributed by atoms with Crippen LogP contribution in [0, 0.1) is 6.92 Å². The highest BCUT2D eigenvalue weighted by Gasteiger charge is 2.04. The first kappa shape index (κ1) is 12.4. The van der Waals surface area contributed by atoms with Crippen LogP contribution >= 0.6 is 0 Å². The Labute approximate surface area is 96.1 Å². The molecular formula is C11H19N5. The van der Waals surface area contributed by atoms with Crippen molar-refractivity contribution in [2.45, 2.75) is 33.2 Å². The number of aromatic nitrogens is 2. The smallest absolute Gasteiger partial charge is 0.0985 e. The van der Waals surface area contributed by atoms with Gasteiger partial charge in [-0.05, 0) is 26.8 Å². The maximum absolute atomic E-state index is 4.48. The third kappa shape index (κ3) is 4.25. The molecule has 0 saturated heterocycles. The monoisotopic (exact) mass is 221 g/mol. The molecule has 0 bridgehead atoms. The predicted molar refractivity (Wildman–Crippen MR) is 67.2 cm³/mol. The van der Waals surface area contributed by atoms with Gasteiger partial charge < -0.3 is 5.32 Å². The van der Waals surface area contributed by atoms with E-state index in [1.165, 1.54) is 0 Å². The molecule has 0 radical (unpaired) electrons. The van der Waals surface area contributed by atoms with Crippen molar-refractivity contribution in [2.75, 3.05) is 7.05 Å². The lowest BCUT2D eigenvalue weighted by atomic mass is 10.2. The summed E-state index contributed by atoms with van der Waals surface area (Å²) < 4.78 is 0. The Hall–Kier alpha value is -1.65. The van der Waals surface area contributed by atoms with Crippen molar-refractivity contribution in [3.63, 3.8) is 0 Å². The number of aliphatic imine (C=N–C) groups is 2. The van der Waals surface area contributed by atoms with Crippen molar-refractivity contribution in [1.29, 1.82) is 0 Å². The molecule has 0 aliphatic rings. The number of nitrogens with zero attached hydrogens (tertiary/aromatic N) is 3. The molecule has 1 atom stereocenters. The standard InChI is InChI=1S/C11H19N5/c1-8(14-10(3)13-7-12-4)5-11-6-9(2)15-16-11/h6-8H,5H2,1-4H3,(H,15,16)(H,12,13,14). The minimum atomic E-state index is 0.209. The molecule has 1 unspecified atom stereocenters. The number of nitrogens with one attached hydrogen (secondary N) is 2. The topological polar surface area (TPSA) is 65.4 Å². The van der Waals surface area contributed by atoms with Gasteiger partial charge in [-0.25, -0.2) is 0 Å². The molecule has 1 rings (SSSR count). The van der Waals surface area contributed by atoms with E-state index in [-0.39, 0.29) is 6.04 Å². The fourth-order valence-electron chi connectivity index (χ4n) is 1.45. The van der Waals surface area contributed by atoms with Gasteiger partial charge in [-0.2, -0.15) is 5.10 Å². The summed E-state index contributed by atoms with van der Waals surface area (Å²) in [4.78, 5) is 8.32. The Morgan fingerprint density at radius 3 is 3.00 bits per heavy atom. The lowest BCUT2D eigenvalue weighted by Gasteiger charge is -2.06. The fraction of sp³-hybridized carbons (Fsp3) is 0.545. The molecular weight excluding hydrogens is 202 g/mol. The molecule has 16 heavy (non-hydrogen) atoms. The van der Waals surface area contributed by atoms with Crippen LogP contribution in [0.2, 0.25) is 0 Å². The number of aryl methyl sites for hydroxylation is 1. The van der Waals surface area contributed by atoms with Gasteiger partial charge in [-0.3, -0.25) is 15.1 Å². The van der Waals surface area contributed by atoms with E-state index in [0.717, 1.165) is 23.6 Å². The lowest BCUT2D eigenvalue weighted by Crippen LogP contribution is -2.20. The van der Waals surface area contributed by atoms with Gasteiger partial charge in [0, 0.05) is 19.2 Å². The SMILES string of the molecule is CN=CNC(C)=NC(C)Cc1cc(C)[nH]n1. The van der Waals surface area contributed by atoms with Crippen LogP contribution in [0.3, 0.4) is 0 Å². The third-order valence-electron chi connectivity index (χ3n) is 2.08. The van der Waals surface area contributed by atoms with Gasteiger partial charge >= 0.3 is 0 Å². The average molecular weight is 221 g/mol. The summed E-state index contributed by atoms with van der Waals surface area (Å²) in [5, 5.41) is 10.1. The van der Waals surface area contributed by atoms with Gasteiger partial charge in [0.2, 0.25) is 0 Å². The van der Waals surface area contributed by atoms with Crippen LogP contribution in [0.1, 0.15) is 25.2 Å².